The predicted octanol–water partition coefficient (Wildman–Crippen LogP) is 3.99. The van der Waals surface area contributed by atoms with E-state index in [0.29, 0.717) is 32.6 Å². The van der Waals surface area contributed by atoms with Crippen LogP contribution in [0.2, 0.25) is 0 Å². The van der Waals surface area contributed by atoms with Gasteiger partial charge in [0.05, 0.1) is 11.4 Å². The highest BCUT2D eigenvalue weighted by atomic mass is 16.2. The van der Waals surface area contributed by atoms with Gasteiger partial charge in [0.2, 0.25) is 11.6 Å². The van der Waals surface area contributed by atoms with Crippen molar-refractivity contribution in [3.05, 3.63) is 107 Å². The number of nitrogens with one attached hydrogen (secondary N) is 2. The van der Waals surface area contributed by atoms with Crippen molar-refractivity contribution in [2.24, 2.45) is 0 Å². The summed E-state index contributed by atoms with van der Waals surface area (Å²) in [7, 11) is 0. The molecule has 6 nitrogen and oxygen atoms in total. The quantitative estimate of drug-likeness (QED) is 0.590. The molecule has 6 heteroatoms. The minimum atomic E-state index is -1.12. The number of benzene rings is 3. The highest BCUT2D eigenvalue weighted by molar-refractivity contribution is 6.07. The molecule has 3 aliphatic rings. The molecule has 3 aromatic rings. The summed E-state index contributed by atoms with van der Waals surface area (Å²) in [4.78, 5) is 31.2. The van der Waals surface area contributed by atoms with Crippen molar-refractivity contribution in [2.75, 3.05) is 23.7 Å². The lowest BCUT2D eigenvalue weighted by atomic mass is 9.96. The summed E-state index contributed by atoms with van der Waals surface area (Å²) in [5, 5.41) is 6.91. The van der Waals surface area contributed by atoms with Crippen molar-refractivity contribution >= 4 is 23.2 Å². The van der Waals surface area contributed by atoms with Gasteiger partial charge in [-0.2, -0.15) is 0 Å². The Morgan fingerprint density at radius 3 is 1.82 bits per heavy atom. The molecule has 0 saturated carbocycles. The van der Waals surface area contributed by atoms with E-state index in [-0.39, 0.29) is 11.8 Å². The summed E-state index contributed by atoms with van der Waals surface area (Å²) in [6, 6.07) is 27.8. The Morgan fingerprint density at radius 2 is 1.24 bits per heavy atom. The third-order valence-corrected chi connectivity index (χ3v) is 6.95. The Morgan fingerprint density at radius 1 is 0.706 bits per heavy atom. The van der Waals surface area contributed by atoms with E-state index in [1.807, 2.05) is 94.7 Å². The van der Waals surface area contributed by atoms with Crippen molar-refractivity contribution in [2.45, 2.75) is 25.2 Å². The van der Waals surface area contributed by atoms with Crippen molar-refractivity contribution in [3.63, 3.8) is 0 Å². The summed E-state index contributed by atoms with van der Waals surface area (Å²) in [6.45, 7) is 2.15. The van der Waals surface area contributed by atoms with Gasteiger partial charge in [-0.3, -0.25) is 9.59 Å². The number of hydrogen-bond donors (Lipinski definition) is 2. The van der Waals surface area contributed by atoms with Crippen molar-refractivity contribution in [3.8, 4) is 0 Å². The average molecular weight is 451 g/mol. The Bertz CT molecular complexity index is 1260. The fourth-order valence-electron chi connectivity index (χ4n) is 5.28. The molecule has 170 valence electrons. The number of likely N-dealkylation sites (tertiary alicyclic amines) is 2. The van der Waals surface area contributed by atoms with Crippen LogP contribution in [0.15, 0.2) is 96.1 Å². The lowest BCUT2D eigenvalue weighted by Gasteiger charge is -2.26. The van der Waals surface area contributed by atoms with Gasteiger partial charge < -0.3 is 20.4 Å². The molecule has 2 amide bonds. The fourth-order valence-corrected chi connectivity index (χ4v) is 5.28. The minimum absolute atomic E-state index is 0.0205. The normalized spacial score (nSPS) is 20.6. The molecule has 0 unspecified atom stereocenters. The molecular formula is C28H26N4O2. The maximum absolute atomic E-state index is 13.9. The SMILES string of the molecule is O=C1C(=C2CN(Cc3ccccc3)C(=O)C23Nc2ccccc2N3)CCN1Cc1ccccc1. The first-order chi connectivity index (χ1) is 16.6. The van der Waals surface area contributed by atoms with Gasteiger partial charge in [-0.25, -0.2) is 0 Å². The number of anilines is 2. The number of nitrogens with zero attached hydrogens (tertiary/aromatic N) is 2. The number of amides is 2. The largest absolute Gasteiger partial charge is 0.350 e. The lowest BCUT2D eigenvalue weighted by Crippen LogP contribution is -2.51. The van der Waals surface area contributed by atoms with Gasteiger partial charge in [-0.05, 0) is 29.7 Å². The second-order valence-corrected chi connectivity index (χ2v) is 9.11. The number of carbonyl (C=O) groups is 2. The second-order valence-electron chi connectivity index (χ2n) is 9.11. The van der Waals surface area contributed by atoms with Crippen LogP contribution in [0.3, 0.4) is 0 Å². The molecule has 0 bridgehead atoms. The molecule has 1 spiro atoms. The third kappa shape index (κ3) is 3.34. The van der Waals surface area contributed by atoms with Crippen LogP contribution in [0, 0.1) is 0 Å². The van der Waals surface area contributed by atoms with Gasteiger partial charge >= 0.3 is 0 Å². The standard InChI is InChI=1S/C28H26N4O2/c33-26-22(15-16-31(26)17-20-9-3-1-4-10-20)23-19-32(18-21-11-5-2-6-12-21)27(34)28(23)29-24-13-7-8-14-25(24)30-28/h1-14,29-30H,15-19H2. The molecule has 34 heavy (non-hydrogen) atoms. The lowest BCUT2D eigenvalue weighted by molar-refractivity contribution is -0.130. The zero-order chi connectivity index (χ0) is 23.1. The number of hydrogen-bond acceptors (Lipinski definition) is 4. The predicted molar refractivity (Wildman–Crippen MR) is 132 cm³/mol. The van der Waals surface area contributed by atoms with Crippen LogP contribution in [0.25, 0.3) is 0 Å². The van der Waals surface area contributed by atoms with E-state index in [1.54, 1.807) is 0 Å². The van der Waals surface area contributed by atoms with E-state index in [0.717, 1.165) is 33.6 Å². The van der Waals surface area contributed by atoms with Crippen LogP contribution in [0.1, 0.15) is 17.5 Å². The summed E-state index contributed by atoms with van der Waals surface area (Å²) < 4.78 is 0. The maximum atomic E-state index is 13.9. The van der Waals surface area contributed by atoms with E-state index < -0.39 is 5.66 Å². The Kier molecular flexibility index (Phi) is 4.87. The Balaban J connectivity index is 1.36. The van der Waals surface area contributed by atoms with Gasteiger partial charge in [-0.15, -0.1) is 0 Å². The highest BCUT2D eigenvalue weighted by Crippen LogP contribution is 2.44. The van der Waals surface area contributed by atoms with Crippen molar-refractivity contribution in [1.29, 1.82) is 0 Å². The first kappa shape index (κ1) is 20.5. The maximum Gasteiger partial charge on any atom is 0.274 e. The smallest absolute Gasteiger partial charge is 0.274 e. The van der Waals surface area contributed by atoms with Crippen molar-refractivity contribution in [1.82, 2.24) is 9.80 Å². The second kappa shape index (κ2) is 8.06. The molecule has 2 fully saturated rings. The van der Waals surface area contributed by atoms with E-state index in [2.05, 4.69) is 10.6 Å². The van der Waals surface area contributed by atoms with Gasteiger partial charge in [0, 0.05) is 37.3 Å². The first-order valence-electron chi connectivity index (χ1n) is 11.7. The van der Waals surface area contributed by atoms with Crippen molar-refractivity contribution < 1.29 is 9.59 Å². The molecule has 0 aliphatic carbocycles. The van der Waals surface area contributed by atoms with E-state index in [4.69, 9.17) is 0 Å². The van der Waals surface area contributed by atoms with Crippen LogP contribution < -0.4 is 10.6 Å². The van der Waals surface area contributed by atoms with Gasteiger partial charge in [0.1, 0.15) is 0 Å². The van der Waals surface area contributed by atoms with Gasteiger partial charge in [0.25, 0.3) is 5.91 Å². The number of carbonyl (C=O) groups excluding carboxylic acids is 2. The van der Waals surface area contributed by atoms with E-state index in [9.17, 15) is 9.59 Å². The molecule has 3 heterocycles. The molecule has 0 radical (unpaired) electrons. The summed E-state index contributed by atoms with van der Waals surface area (Å²) in [5.41, 5.74) is 4.39. The zero-order valence-electron chi connectivity index (χ0n) is 18.8. The van der Waals surface area contributed by atoms with Crippen LogP contribution >= 0.6 is 0 Å². The molecule has 3 aliphatic heterocycles. The van der Waals surface area contributed by atoms with E-state index in [1.165, 1.54) is 0 Å². The topological polar surface area (TPSA) is 64.7 Å². The number of fused-ring (bicyclic) bond motifs is 1. The summed E-state index contributed by atoms with van der Waals surface area (Å²) >= 11 is 0. The van der Waals surface area contributed by atoms with Gasteiger partial charge in [0.15, 0.2) is 0 Å². The number of rotatable bonds is 4. The monoisotopic (exact) mass is 450 g/mol. The molecule has 0 aromatic heterocycles. The molecule has 3 aromatic carbocycles. The minimum Gasteiger partial charge on any atom is -0.350 e. The fraction of sp³-hybridized carbons (Fsp3) is 0.214. The highest BCUT2D eigenvalue weighted by Gasteiger charge is 2.56. The molecule has 2 saturated heterocycles. The Labute approximate surface area is 198 Å². The Hall–Kier alpha value is -4.06. The summed E-state index contributed by atoms with van der Waals surface area (Å²) in [6.07, 6.45) is 0.634. The van der Waals surface area contributed by atoms with Gasteiger partial charge in [-0.1, -0.05) is 72.8 Å². The summed E-state index contributed by atoms with van der Waals surface area (Å²) in [5.74, 6) is -0.0310. The molecule has 6 rings (SSSR count). The molecule has 2 N–H and O–H groups in total. The van der Waals surface area contributed by atoms with Crippen LogP contribution in [-0.2, 0) is 22.7 Å². The van der Waals surface area contributed by atoms with Crippen LogP contribution in [-0.4, -0.2) is 40.4 Å². The zero-order valence-corrected chi connectivity index (χ0v) is 18.8. The van der Waals surface area contributed by atoms with Crippen LogP contribution in [0.4, 0.5) is 11.4 Å². The van der Waals surface area contributed by atoms with E-state index >= 15 is 0 Å². The first-order valence-corrected chi connectivity index (χ1v) is 11.7. The third-order valence-electron chi connectivity index (χ3n) is 6.95. The molecular weight excluding hydrogens is 424 g/mol. The number of para-hydroxylation sites is 2. The van der Waals surface area contributed by atoms with Crippen LogP contribution in [0.5, 0.6) is 0 Å². The average Bonchev–Trinajstić information content (AvgIpc) is 3.51. The molecule has 0 atom stereocenters.